The average Bonchev–Trinajstić information content (AvgIpc) is 3.45. The number of aliphatic hydroxyl groups excluding tert-OH is 1. The second-order valence-electron chi connectivity index (χ2n) is 13.1. The number of piperazine rings is 1. The fraction of sp³-hybridized carbons (Fsp3) is 0.533. The minimum atomic E-state index is -1.07. The van der Waals surface area contributed by atoms with Gasteiger partial charge in [0, 0.05) is 36.7 Å². The van der Waals surface area contributed by atoms with Gasteiger partial charge in [-0.25, -0.2) is 14.4 Å². The van der Waals surface area contributed by atoms with E-state index >= 15 is 0 Å². The Morgan fingerprint density at radius 2 is 1.77 bits per heavy atom. The third kappa shape index (κ3) is 5.41. The maximum Gasteiger partial charge on any atom is 0.290 e. The molecule has 1 unspecified atom stereocenters. The summed E-state index contributed by atoms with van der Waals surface area (Å²) in [6.45, 7) is 12.8. The second kappa shape index (κ2) is 9.40. The van der Waals surface area contributed by atoms with E-state index in [9.17, 15) is 19.1 Å². The van der Waals surface area contributed by atoms with Gasteiger partial charge in [-0.3, -0.25) is 9.59 Å². The van der Waals surface area contributed by atoms with E-state index in [0.717, 1.165) is 18.5 Å². The summed E-state index contributed by atoms with van der Waals surface area (Å²) in [5.74, 6) is -0.290. The summed E-state index contributed by atoms with van der Waals surface area (Å²) in [5, 5.41) is 10.5. The molecule has 208 valence electrons. The Hall–Kier alpha value is -3.33. The predicted octanol–water partition coefficient (Wildman–Crippen LogP) is 4.94. The van der Waals surface area contributed by atoms with Gasteiger partial charge in [0.15, 0.2) is 17.2 Å². The average molecular weight is 537 g/mol. The van der Waals surface area contributed by atoms with Gasteiger partial charge in [-0.15, -0.1) is 0 Å². The monoisotopic (exact) mass is 536 g/mol. The van der Waals surface area contributed by atoms with Gasteiger partial charge >= 0.3 is 0 Å². The molecule has 0 spiro atoms. The van der Waals surface area contributed by atoms with E-state index in [0.29, 0.717) is 48.5 Å². The summed E-state index contributed by atoms with van der Waals surface area (Å²) in [6.07, 6.45) is 1.20. The Morgan fingerprint density at radius 1 is 1.10 bits per heavy atom. The summed E-state index contributed by atoms with van der Waals surface area (Å²) in [5.41, 5.74) is 1.46. The van der Waals surface area contributed by atoms with Crippen LogP contribution in [0, 0.1) is 11.2 Å². The summed E-state index contributed by atoms with van der Waals surface area (Å²) >= 11 is 0. The normalized spacial score (nSPS) is 19.3. The van der Waals surface area contributed by atoms with Gasteiger partial charge in [-0.2, -0.15) is 0 Å². The molecular formula is C30H37FN4O4. The van der Waals surface area contributed by atoms with Crippen molar-refractivity contribution in [3.8, 4) is 11.4 Å². The molecule has 1 aliphatic heterocycles. The van der Waals surface area contributed by atoms with Crippen molar-refractivity contribution in [1.29, 1.82) is 0 Å². The molecule has 1 aliphatic carbocycles. The van der Waals surface area contributed by atoms with Crippen LogP contribution in [-0.4, -0.2) is 68.0 Å². The molecule has 1 saturated heterocycles. The molecule has 3 aromatic rings. The zero-order chi connectivity index (χ0) is 28.3. The van der Waals surface area contributed by atoms with Gasteiger partial charge in [-0.1, -0.05) is 27.7 Å². The second-order valence-corrected chi connectivity index (χ2v) is 13.1. The van der Waals surface area contributed by atoms with Gasteiger partial charge in [0.25, 0.3) is 11.8 Å². The standard InChI is InChI=1S/C30H37FN4O4/c1-28(2,3)16-21(36)26(37)34-13-14-35(29(4,5)17-34)27(38)22-15-20-23(39-22)24(30(6)11-12-30)33-25(32-20)18-7-9-19(31)10-8-18/h7-10,15,21,36H,11-14,16-17H2,1-6H3. The SMILES string of the molecule is CC(C)(C)CC(O)C(=O)N1CCN(C(=O)c2cc3nc(-c4ccc(F)cc4)nc(C4(C)CC4)c3o2)C(C)(C)C1. The van der Waals surface area contributed by atoms with E-state index in [-0.39, 0.29) is 34.2 Å². The van der Waals surface area contributed by atoms with Crippen LogP contribution >= 0.6 is 0 Å². The molecule has 5 rings (SSSR count). The minimum absolute atomic E-state index is 0.159. The first-order valence-corrected chi connectivity index (χ1v) is 13.5. The van der Waals surface area contributed by atoms with Crippen molar-refractivity contribution in [3.63, 3.8) is 0 Å². The molecule has 8 nitrogen and oxygen atoms in total. The van der Waals surface area contributed by atoms with Gasteiger partial charge in [0.1, 0.15) is 17.4 Å². The summed E-state index contributed by atoms with van der Waals surface area (Å²) in [4.78, 5) is 39.5. The first-order valence-electron chi connectivity index (χ1n) is 13.5. The Balaban J connectivity index is 1.42. The van der Waals surface area contributed by atoms with Crippen molar-refractivity contribution in [2.24, 2.45) is 5.41 Å². The number of fused-ring (bicyclic) bond motifs is 1. The van der Waals surface area contributed by atoms with Crippen molar-refractivity contribution >= 4 is 22.9 Å². The highest BCUT2D eigenvalue weighted by Gasteiger charge is 2.45. The molecule has 1 atom stereocenters. The maximum atomic E-state index is 13.7. The largest absolute Gasteiger partial charge is 0.447 e. The van der Waals surface area contributed by atoms with Gasteiger partial charge in [0.05, 0.1) is 11.2 Å². The zero-order valence-corrected chi connectivity index (χ0v) is 23.5. The highest BCUT2D eigenvalue weighted by molar-refractivity contribution is 5.96. The van der Waals surface area contributed by atoms with Crippen LogP contribution in [-0.2, 0) is 10.2 Å². The van der Waals surface area contributed by atoms with Crippen molar-refractivity contribution in [1.82, 2.24) is 19.8 Å². The van der Waals surface area contributed by atoms with E-state index in [4.69, 9.17) is 9.40 Å². The third-order valence-electron chi connectivity index (χ3n) is 7.81. The quantitative estimate of drug-likeness (QED) is 0.496. The van der Waals surface area contributed by atoms with Crippen LogP contribution in [0.2, 0.25) is 0 Å². The molecule has 2 aromatic heterocycles. The van der Waals surface area contributed by atoms with Crippen LogP contribution in [0.25, 0.3) is 22.5 Å². The molecule has 0 radical (unpaired) electrons. The molecule has 3 heterocycles. The Kier molecular flexibility index (Phi) is 6.57. The van der Waals surface area contributed by atoms with E-state index < -0.39 is 11.6 Å². The Bertz CT molecular complexity index is 1420. The molecule has 1 aromatic carbocycles. The van der Waals surface area contributed by atoms with Gasteiger partial charge in [0.2, 0.25) is 0 Å². The van der Waals surface area contributed by atoms with Crippen LogP contribution in [0.5, 0.6) is 0 Å². The lowest BCUT2D eigenvalue weighted by atomic mass is 9.88. The fourth-order valence-electron chi connectivity index (χ4n) is 5.33. The van der Waals surface area contributed by atoms with Crippen LogP contribution in [0.15, 0.2) is 34.7 Å². The zero-order valence-electron chi connectivity index (χ0n) is 23.5. The number of furan rings is 1. The fourth-order valence-corrected chi connectivity index (χ4v) is 5.33. The lowest BCUT2D eigenvalue weighted by Crippen LogP contribution is -2.63. The first-order chi connectivity index (χ1) is 18.2. The van der Waals surface area contributed by atoms with Crippen molar-refractivity contribution in [2.45, 2.75) is 77.9 Å². The number of amides is 2. The number of hydrogen-bond acceptors (Lipinski definition) is 6. The summed E-state index contributed by atoms with van der Waals surface area (Å²) in [6, 6.07) is 7.69. The number of hydrogen-bond donors (Lipinski definition) is 1. The summed E-state index contributed by atoms with van der Waals surface area (Å²) in [7, 11) is 0. The Labute approximate surface area is 228 Å². The van der Waals surface area contributed by atoms with Crippen LogP contribution in [0.3, 0.4) is 0 Å². The predicted molar refractivity (Wildman–Crippen MR) is 146 cm³/mol. The summed E-state index contributed by atoms with van der Waals surface area (Å²) < 4.78 is 19.7. The van der Waals surface area contributed by atoms with E-state index in [2.05, 4.69) is 11.9 Å². The van der Waals surface area contributed by atoms with Crippen molar-refractivity contribution < 1.29 is 23.5 Å². The molecule has 2 aliphatic rings. The van der Waals surface area contributed by atoms with Crippen LogP contribution in [0.1, 0.15) is 77.1 Å². The molecule has 9 heteroatoms. The Morgan fingerprint density at radius 3 is 2.36 bits per heavy atom. The lowest BCUT2D eigenvalue weighted by molar-refractivity contribution is -0.145. The molecular weight excluding hydrogens is 499 g/mol. The number of aliphatic hydroxyl groups is 1. The maximum absolute atomic E-state index is 13.7. The van der Waals surface area contributed by atoms with E-state index in [1.165, 1.54) is 12.1 Å². The van der Waals surface area contributed by atoms with E-state index in [1.807, 2.05) is 34.6 Å². The topological polar surface area (TPSA) is 99.8 Å². The smallest absolute Gasteiger partial charge is 0.290 e. The minimum Gasteiger partial charge on any atom is -0.447 e. The first kappa shape index (κ1) is 27.2. The third-order valence-corrected chi connectivity index (χ3v) is 7.81. The number of nitrogens with zero attached hydrogens (tertiary/aromatic N) is 4. The van der Waals surface area contributed by atoms with Crippen molar-refractivity contribution in [2.75, 3.05) is 19.6 Å². The molecule has 39 heavy (non-hydrogen) atoms. The number of aromatic nitrogens is 2. The number of carbonyl (C=O) groups excluding carboxylic acids is 2. The lowest BCUT2D eigenvalue weighted by Gasteiger charge is -2.47. The highest BCUT2D eigenvalue weighted by Crippen LogP contribution is 2.49. The van der Waals surface area contributed by atoms with Crippen LogP contribution < -0.4 is 0 Å². The van der Waals surface area contributed by atoms with Crippen molar-refractivity contribution in [3.05, 3.63) is 47.6 Å². The number of halogens is 1. The molecule has 0 bridgehead atoms. The highest BCUT2D eigenvalue weighted by atomic mass is 19.1. The molecule has 1 saturated carbocycles. The number of carbonyl (C=O) groups is 2. The number of benzene rings is 1. The molecule has 2 amide bonds. The van der Waals surface area contributed by atoms with Crippen LogP contribution in [0.4, 0.5) is 4.39 Å². The molecule has 2 fully saturated rings. The molecule has 1 N–H and O–H groups in total. The number of rotatable bonds is 5. The van der Waals surface area contributed by atoms with E-state index in [1.54, 1.807) is 28.0 Å². The van der Waals surface area contributed by atoms with Gasteiger partial charge < -0.3 is 19.3 Å². The van der Waals surface area contributed by atoms with Gasteiger partial charge in [-0.05, 0) is 62.8 Å².